The van der Waals surface area contributed by atoms with Gasteiger partial charge in [0.15, 0.2) is 10.3 Å². The minimum Gasteiger partial charge on any atom is -0.494 e. The Morgan fingerprint density at radius 1 is 1.16 bits per heavy atom. The zero-order valence-corrected chi connectivity index (χ0v) is 18.7. The molecule has 0 aliphatic rings. The van der Waals surface area contributed by atoms with Gasteiger partial charge >= 0.3 is 0 Å². The molecule has 0 spiro atoms. The maximum Gasteiger partial charge on any atom is 0.250 e. The Hall–Kier alpha value is -3.63. The lowest BCUT2D eigenvalue weighted by atomic mass is 10.3. The molecule has 0 saturated heterocycles. The van der Waals surface area contributed by atoms with Crippen LogP contribution < -0.4 is 15.0 Å². The molecule has 0 radical (unpaired) electrons. The summed E-state index contributed by atoms with van der Waals surface area (Å²) in [7, 11) is 1.57. The molecule has 0 atom stereocenters. The fourth-order valence-electron chi connectivity index (χ4n) is 2.95. The maximum absolute atomic E-state index is 14.2. The van der Waals surface area contributed by atoms with Crippen molar-refractivity contribution in [2.45, 2.75) is 6.92 Å². The summed E-state index contributed by atoms with van der Waals surface area (Å²) in [4.78, 5) is 34.4. The molecule has 0 saturated carbocycles. The minimum atomic E-state index is -0.526. The first kappa shape index (κ1) is 21.6. The summed E-state index contributed by atoms with van der Waals surface area (Å²) in [5.41, 5.74) is 1.27. The van der Waals surface area contributed by atoms with Crippen molar-refractivity contribution in [2.75, 3.05) is 17.3 Å². The third kappa shape index (κ3) is 4.51. The fourth-order valence-corrected chi connectivity index (χ4v) is 4.68. The molecule has 2 amide bonds. The van der Waals surface area contributed by atoms with Gasteiger partial charge in [-0.05, 0) is 30.3 Å². The highest BCUT2D eigenvalue weighted by atomic mass is 32.1. The second-order valence-electron chi connectivity index (χ2n) is 6.51. The van der Waals surface area contributed by atoms with Crippen LogP contribution >= 0.6 is 22.7 Å². The molecule has 0 aliphatic carbocycles. The second-order valence-corrected chi connectivity index (χ2v) is 8.38. The van der Waals surface area contributed by atoms with Gasteiger partial charge in [-0.25, -0.2) is 14.4 Å². The molecule has 4 rings (SSSR count). The lowest BCUT2D eigenvalue weighted by molar-refractivity contribution is -0.116. The van der Waals surface area contributed by atoms with Crippen molar-refractivity contribution >= 4 is 66.7 Å². The molecule has 2 heterocycles. The Bertz CT molecular complexity index is 1330. The summed E-state index contributed by atoms with van der Waals surface area (Å²) in [6.07, 6.45) is 2.84. The van der Waals surface area contributed by atoms with Gasteiger partial charge in [-0.2, -0.15) is 0 Å². The number of fused-ring (bicyclic) bond motifs is 1. The van der Waals surface area contributed by atoms with E-state index in [9.17, 15) is 14.0 Å². The van der Waals surface area contributed by atoms with E-state index in [0.717, 1.165) is 4.70 Å². The van der Waals surface area contributed by atoms with Crippen LogP contribution in [0.2, 0.25) is 0 Å². The minimum absolute atomic E-state index is 0.119. The van der Waals surface area contributed by atoms with Crippen molar-refractivity contribution in [1.29, 1.82) is 0 Å². The standard InChI is InChI=1S/C22H17FN4O3S2/c1-13(28)27(16-7-4-3-6-15(16)23)22-24-14(12-31-22)10-11-19(29)25-21-26-20-17(30-2)8-5-9-18(20)32-21/h3-12H,1-2H3,(H,25,26,29)/b11-10+. The van der Waals surface area contributed by atoms with Crippen LogP contribution in [0.5, 0.6) is 5.75 Å². The summed E-state index contributed by atoms with van der Waals surface area (Å²) in [5.74, 6) is -0.643. The Kier molecular flexibility index (Phi) is 6.24. The molecule has 0 fully saturated rings. The van der Waals surface area contributed by atoms with E-state index in [0.29, 0.717) is 27.2 Å². The second kappa shape index (κ2) is 9.25. The van der Waals surface area contributed by atoms with Gasteiger partial charge in [0.2, 0.25) is 11.8 Å². The van der Waals surface area contributed by atoms with Crippen molar-refractivity contribution in [3.63, 3.8) is 0 Å². The van der Waals surface area contributed by atoms with Gasteiger partial charge in [0.25, 0.3) is 0 Å². The Morgan fingerprint density at radius 2 is 1.97 bits per heavy atom. The molecule has 2 aromatic carbocycles. The van der Waals surface area contributed by atoms with E-state index in [1.807, 2.05) is 12.1 Å². The van der Waals surface area contributed by atoms with E-state index in [1.54, 1.807) is 30.7 Å². The number of ether oxygens (including phenoxy) is 1. The molecule has 7 nitrogen and oxygen atoms in total. The van der Waals surface area contributed by atoms with Gasteiger partial charge in [0.1, 0.15) is 17.1 Å². The van der Waals surface area contributed by atoms with E-state index in [-0.39, 0.29) is 17.5 Å². The molecule has 162 valence electrons. The van der Waals surface area contributed by atoms with E-state index in [2.05, 4.69) is 15.3 Å². The van der Waals surface area contributed by atoms with E-state index in [4.69, 9.17) is 4.74 Å². The zero-order valence-electron chi connectivity index (χ0n) is 17.0. The van der Waals surface area contributed by atoms with Crippen LogP contribution in [-0.4, -0.2) is 28.9 Å². The van der Waals surface area contributed by atoms with Gasteiger partial charge in [0.05, 0.1) is 23.2 Å². The highest BCUT2D eigenvalue weighted by Crippen LogP contribution is 2.33. The first-order valence-corrected chi connectivity index (χ1v) is 11.1. The molecular formula is C22H17FN4O3S2. The Morgan fingerprint density at radius 3 is 2.72 bits per heavy atom. The fraction of sp³-hybridized carbons (Fsp3) is 0.0909. The van der Waals surface area contributed by atoms with Crippen LogP contribution in [0.4, 0.5) is 20.3 Å². The molecule has 0 unspecified atom stereocenters. The van der Waals surface area contributed by atoms with Crippen molar-refractivity contribution in [2.24, 2.45) is 0 Å². The Balaban J connectivity index is 1.49. The molecular weight excluding hydrogens is 451 g/mol. The number of hydrogen-bond acceptors (Lipinski definition) is 7. The number of carbonyl (C=O) groups excluding carboxylic acids is 2. The van der Waals surface area contributed by atoms with E-state index < -0.39 is 5.82 Å². The average Bonchev–Trinajstić information content (AvgIpc) is 3.40. The number of thiazole rings is 2. The summed E-state index contributed by atoms with van der Waals surface area (Å²) in [5, 5.41) is 5.15. The van der Waals surface area contributed by atoms with Crippen LogP contribution in [0.3, 0.4) is 0 Å². The number of anilines is 3. The summed E-state index contributed by atoms with van der Waals surface area (Å²) in [6.45, 7) is 1.34. The van der Waals surface area contributed by atoms with Gasteiger partial charge in [0, 0.05) is 18.4 Å². The van der Waals surface area contributed by atoms with Gasteiger partial charge in [-0.3, -0.25) is 19.8 Å². The molecule has 0 bridgehead atoms. The monoisotopic (exact) mass is 468 g/mol. The zero-order chi connectivity index (χ0) is 22.7. The molecule has 0 aliphatic heterocycles. The molecule has 2 aromatic heterocycles. The number of halogens is 1. The molecule has 32 heavy (non-hydrogen) atoms. The van der Waals surface area contributed by atoms with Crippen molar-refractivity contribution in [1.82, 2.24) is 9.97 Å². The number of benzene rings is 2. The van der Waals surface area contributed by atoms with Crippen molar-refractivity contribution in [3.8, 4) is 5.75 Å². The first-order valence-electron chi connectivity index (χ1n) is 9.39. The summed E-state index contributed by atoms with van der Waals surface area (Å²) in [6, 6.07) is 11.5. The highest BCUT2D eigenvalue weighted by Gasteiger charge is 2.20. The van der Waals surface area contributed by atoms with E-state index >= 15 is 0 Å². The largest absolute Gasteiger partial charge is 0.494 e. The predicted octanol–water partition coefficient (Wildman–Crippen LogP) is 5.24. The SMILES string of the molecule is COc1cccc2sc(NC(=O)/C=C/c3csc(N(C(C)=O)c4ccccc4F)n3)nc12. The van der Waals surface area contributed by atoms with Crippen LogP contribution in [0, 0.1) is 5.82 Å². The maximum atomic E-state index is 14.2. The van der Waals surface area contributed by atoms with Crippen LogP contribution in [0.25, 0.3) is 16.3 Å². The molecule has 4 aromatic rings. The normalized spacial score (nSPS) is 11.1. The number of amides is 2. The third-order valence-electron chi connectivity index (χ3n) is 4.35. The number of aromatic nitrogens is 2. The predicted molar refractivity (Wildman–Crippen MR) is 125 cm³/mol. The van der Waals surface area contributed by atoms with Crippen molar-refractivity contribution < 1.29 is 18.7 Å². The smallest absolute Gasteiger partial charge is 0.250 e. The summed E-state index contributed by atoms with van der Waals surface area (Å²) < 4.78 is 20.4. The number of para-hydroxylation sites is 2. The van der Waals surface area contributed by atoms with Crippen LogP contribution in [0.1, 0.15) is 12.6 Å². The average molecular weight is 469 g/mol. The van der Waals surface area contributed by atoms with Crippen molar-refractivity contribution in [3.05, 3.63) is 65.4 Å². The third-order valence-corrected chi connectivity index (χ3v) is 6.13. The highest BCUT2D eigenvalue weighted by molar-refractivity contribution is 7.22. The van der Waals surface area contributed by atoms with Gasteiger partial charge in [-0.15, -0.1) is 11.3 Å². The molecule has 10 heteroatoms. The summed E-state index contributed by atoms with van der Waals surface area (Å²) >= 11 is 2.51. The number of methoxy groups -OCH3 is 1. The number of carbonyl (C=O) groups is 2. The van der Waals surface area contributed by atoms with Crippen LogP contribution in [0.15, 0.2) is 53.9 Å². The van der Waals surface area contributed by atoms with E-state index in [1.165, 1.54) is 58.8 Å². The lowest BCUT2D eigenvalue weighted by Crippen LogP contribution is -2.23. The number of nitrogens with zero attached hydrogens (tertiary/aromatic N) is 3. The first-order chi connectivity index (χ1) is 15.5. The van der Waals surface area contributed by atoms with Crippen LogP contribution in [-0.2, 0) is 9.59 Å². The Labute approximate surface area is 190 Å². The lowest BCUT2D eigenvalue weighted by Gasteiger charge is -2.18. The number of nitrogens with one attached hydrogen (secondary N) is 1. The van der Waals surface area contributed by atoms with Gasteiger partial charge < -0.3 is 4.74 Å². The topological polar surface area (TPSA) is 84.4 Å². The molecule has 1 N–H and O–H groups in total. The number of rotatable bonds is 6. The van der Waals surface area contributed by atoms with Gasteiger partial charge in [-0.1, -0.05) is 29.5 Å². The quantitative estimate of drug-likeness (QED) is 0.392. The number of hydrogen-bond donors (Lipinski definition) is 1.